The van der Waals surface area contributed by atoms with Crippen molar-refractivity contribution in [3.63, 3.8) is 0 Å². The number of anilines is 1. The highest BCUT2D eigenvalue weighted by molar-refractivity contribution is 6.18. The van der Waals surface area contributed by atoms with Crippen LogP contribution in [0.2, 0.25) is 0 Å². The van der Waals surface area contributed by atoms with E-state index in [9.17, 15) is 9.50 Å². The Bertz CT molecular complexity index is 2380. The lowest BCUT2D eigenvalue weighted by Crippen LogP contribution is -2.55. The first-order valence-corrected chi connectivity index (χ1v) is 19.6. The summed E-state index contributed by atoms with van der Waals surface area (Å²) in [6.07, 6.45) is 13.1. The Morgan fingerprint density at radius 1 is 1.05 bits per heavy atom. The number of likely N-dealkylation sites (tertiary alicyclic amines) is 1. The molecule has 10 rings (SSSR count). The topological polar surface area (TPSA) is 92.0 Å². The van der Waals surface area contributed by atoms with Crippen molar-refractivity contribution in [3.8, 4) is 35.2 Å². The fraction of sp³-hybridized carbons (Fsp3) is 0.500. The number of aromatic hydroxyl groups is 1. The van der Waals surface area contributed by atoms with Crippen molar-refractivity contribution in [2.75, 3.05) is 57.4 Å². The van der Waals surface area contributed by atoms with Gasteiger partial charge in [-0.25, -0.2) is 13.2 Å². The summed E-state index contributed by atoms with van der Waals surface area (Å²) in [5.41, 5.74) is 0.0883. The summed E-state index contributed by atoms with van der Waals surface area (Å²) in [5.74, 6) is 2.07. The summed E-state index contributed by atoms with van der Waals surface area (Å²) >= 11 is 0. The smallest absolute Gasteiger partial charge is 0.319 e. The van der Waals surface area contributed by atoms with E-state index in [0.29, 0.717) is 46.4 Å². The third kappa shape index (κ3) is 5.70. The highest BCUT2D eigenvalue weighted by atomic mass is 19.1. The van der Waals surface area contributed by atoms with Gasteiger partial charge in [0.15, 0.2) is 5.82 Å². The third-order valence-corrected chi connectivity index (χ3v) is 12.9. The standard InChI is InChI=1S/C42H44F3N7O3/c1-3-30-33(44)10-7-25-14-29(53)15-31(34(25)30)35-37(45)39-36(32-21-49(2)48-38(32)35)40(47-41(46-39)55-23-42-11-5-12-51(42)18-26(43)16-42)52-27-8-9-28(52)20-50(19-27)17-24-6-4-13-54-22-24/h1,7,10,14-15,21,24,26-28,53H,4-6,8-9,11-13,16-20,22-23H2,2H3/t24?,26-,27?,28?,42+/m1/s1. The van der Waals surface area contributed by atoms with E-state index < -0.39 is 23.3 Å². The minimum Gasteiger partial charge on any atom is -0.508 e. The van der Waals surface area contributed by atoms with Crippen molar-refractivity contribution in [3.05, 3.63) is 47.7 Å². The molecule has 5 aliphatic rings. The van der Waals surface area contributed by atoms with E-state index in [4.69, 9.17) is 31.0 Å². The summed E-state index contributed by atoms with van der Waals surface area (Å²) in [6, 6.07) is 5.93. The second kappa shape index (κ2) is 13.2. The van der Waals surface area contributed by atoms with Gasteiger partial charge in [0, 0.05) is 80.9 Å². The molecular weight excluding hydrogens is 708 g/mol. The normalized spacial score (nSPS) is 27.1. The number of aromatic nitrogens is 4. The number of ether oxygens (including phenoxy) is 2. The van der Waals surface area contributed by atoms with Crippen molar-refractivity contribution in [1.82, 2.24) is 29.5 Å². The average Bonchev–Trinajstić information content (AvgIpc) is 3.90. The lowest BCUT2D eigenvalue weighted by molar-refractivity contribution is 0.0351. The van der Waals surface area contributed by atoms with E-state index >= 15 is 8.78 Å². The molecular formula is C42H44F3N7O3. The third-order valence-electron chi connectivity index (χ3n) is 12.9. The number of halogens is 3. The number of nitrogens with zero attached hydrogens (tertiary/aromatic N) is 7. The Morgan fingerprint density at radius 3 is 2.67 bits per heavy atom. The van der Waals surface area contributed by atoms with E-state index in [0.717, 1.165) is 71.5 Å². The maximum Gasteiger partial charge on any atom is 0.319 e. The van der Waals surface area contributed by atoms with Crippen LogP contribution in [0.15, 0.2) is 30.5 Å². The van der Waals surface area contributed by atoms with Crippen LogP contribution in [-0.2, 0) is 11.8 Å². The van der Waals surface area contributed by atoms with Crippen molar-refractivity contribution in [2.45, 2.75) is 68.7 Å². The first-order valence-electron chi connectivity index (χ1n) is 19.6. The molecule has 286 valence electrons. The lowest BCUT2D eigenvalue weighted by atomic mass is 9.91. The van der Waals surface area contributed by atoms with Crippen LogP contribution in [0.3, 0.4) is 0 Å². The van der Waals surface area contributed by atoms with Gasteiger partial charge in [0.25, 0.3) is 0 Å². The van der Waals surface area contributed by atoms with Crippen molar-refractivity contribution >= 4 is 38.4 Å². The number of fused-ring (bicyclic) bond motifs is 7. The molecule has 13 heteroatoms. The Hall–Kier alpha value is -4.64. The van der Waals surface area contributed by atoms with Gasteiger partial charge in [-0.2, -0.15) is 15.1 Å². The number of phenols is 1. The van der Waals surface area contributed by atoms with E-state index in [1.54, 1.807) is 11.7 Å². The molecule has 0 saturated carbocycles. The Morgan fingerprint density at radius 2 is 1.89 bits per heavy atom. The van der Waals surface area contributed by atoms with Crippen LogP contribution in [0, 0.1) is 29.9 Å². The van der Waals surface area contributed by atoms with Gasteiger partial charge in [-0.15, -0.1) is 6.42 Å². The fourth-order valence-corrected chi connectivity index (χ4v) is 10.6. The number of piperazine rings is 1. The molecule has 10 nitrogen and oxygen atoms in total. The average molecular weight is 752 g/mol. The molecule has 0 spiro atoms. The van der Waals surface area contributed by atoms with E-state index in [-0.39, 0.29) is 58.0 Å². The molecule has 3 aromatic carbocycles. The number of phenolic OH excluding ortho intramolecular Hbond substituents is 1. The molecule has 55 heavy (non-hydrogen) atoms. The van der Waals surface area contributed by atoms with E-state index in [1.807, 2.05) is 6.20 Å². The van der Waals surface area contributed by atoms with Crippen molar-refractivity contribution in [2.24, 2.45) is 13.0 Å². The number of rotatable bonds is 7. The molecule has 0 amide bonds. The van der Waals surface area contributed by atoms with Crippen LogP contribution >= 0.6 is 0 Å². The number of aryl methyl sites for hydroxylation is 1. The van der Waals surface area contributed by atoms with Gasteiger partial charge >= 0.3 is 6.01 Å². The first kappa shape index (κ1) is 34.8. The predicted octanol–water partition coefficient (Wildman–Crippen LogP) is 6.34. The second-order valence-corrected chi connectivity index (χ2v) is 16.4. The number of alkyl halides is 1. The van der Waals surface area contributed by atoms with Crippen molar-refractivity contribution < 1.29 is 27.8 Å². The van der Waals surface area contributed by atoms with Gasteiger partial charge in [-0.05, 0) is 80.1 Å². The fourth-order valence-electron chi connectivity index (χ4n) is 10.6. The molecule has 0 aliphatic carbocycles. The highest BCUT2D eigenvalue weighted by Gasteiger charge is 2.50. The summed E-state index contributed by atoms with van der Waals surface area (Å²) in [7, 11) is 1.77. The summed E-state index contributed by atoms with van der Waals surface area (Å²) in [5, 5.41) is 17.6. The van der Waals surface area contributed by atoms with E-state index in [1.165, 1.54) is 30.7 Å². The van der Waals surface area contributed by atoms with Gasteiger partial charge in [-0.1, -0.05) is 12.0 Å². The Kier molecular flexibility index (Phi) is 8.39. The molecule has 5 saturated heterocycles. The summed E-state index contributed by atoms with van der Waals surface area (Å²) < 4.78 is 61.8. The second-order valence-electron chi connectivity index (χ2n) is 16.4. The molecule has 5 atom stereocenters. The van der Waals surface area contributed by atoms with Gasteiger partial charge < -0.3 is 19.5 Å². The first-order chi connectivity index (χ1) is 26.7. The van der Waals surface area contributed by atoms with Gasteiger partial charge in [0.2, 0.25) is 0 Å². The zero-order valence-electron chi connectivity index (χ0n) is 30.9. The number of hydrogen-bond donors (Lipinski definition) is 1. The summed E-state index contributed by atoms with van der Waals surface area (Å²) in [6.45, 7) is 5.67. The van der Waals surface area contributed by atoms with Gasteiger partial charge in [-0.3, -0.25) is 14.5 Å². The van der Waals surface area contributed by atoms with Crippen LogP contribution < -0.4 is 9.64 Å². The summed E-state index contributed by atoms with van der Waals surface area (Å²) in [4.78, 5) is 17.0. The monoisotopic (exact) mass is 751 g/mol. The molecule has 5 aliphatic heterocycles. The highest BCUT2D eigenvalue weighted by Crippen LogP contribution is 2.47. The number of benzene rings is 3. The predicted molar refractivity (Wildman–Crippen MR) is 204 cm³/mol. The van der Waals surface area contributed by atoms with Crippen molar-refractivity contribution in [1.29, 1.82) is 0 Å². The largest absolute Gasteiger partial charge is 0.508 e. The SMILES string of the molecule is C#Cc1c(F)ccc2cc(O)cc(-c3c(F)c4nc(OC[C@@]56CCCN5C[C@H](F)C6)nc(N5C6CCC5CN(CC5CCCOC5)C6)c4c4cn(C)nc34)c12. The van der Waals surface area contributed by atoms with Crippen LogP contribution in [0.1, 0.15) is 50.5 Å². The molecule has 0 radical (unpaired) electrons. The zero-order chi connectivity index (χ0) is 37.6. The molecule has 2 aromatic heterocycles. The minimum atomic E-state index is -0.933. The molecule has 1 N–H and O–H groups in total. The number of terminal acetylenes is 1. The molecule has 7 heterocycles. The Balaban J connectivity index is 1.16. The van der Waals surface area contributed by atoms with Crippen LogP contribution in [-0.4, -0.2) is 111 Å². The van der Waals surface area contributed by atoms with E-state index in [2.05, 4.69) is 20.6 Å². The van der Waals surface area contributed by atoms with Gasteiger partial charge in [0.05, 0.1) is 23.1 Å². The van der Waals surface area contributed by atoms with Gasteiger partial charge in [0.1, 0.15) is 41.2 Å². The van der Waals surface area contributed by atoms with Crippen LogP contribution in [0.25, 0.3) is 43.7 Å². The molecule has 5 fully saturated rings. The zero-order valence-corrected chi connectivity index (χ0v) is 30.9. The molecule has 5 aromatic rings. The van der Waals surface area contributed by atoms with Crippen LogP contribution in [0.5, 0.6) is 11.8 Å². The maximum absolute atomic E-state index is 17.8. The lowest BCUT2D eigenvalue weighted by Gasteiger charge is -2.43. The Labute approximate surface area is 317 Å². The maximum atomic E-state index is 17.8. The molecule has 3 unspecified atom stereocenters. The molecule has 2 bridgehead atoms. The minimum absolute atomic E-state index is 0.0245. The quantitative estimate of drug-likeness (QED) is 0.192. The number of hydrogen-bond acceptors (Lipinski definition) is 9. The van der Waals surface area contributed by atoms with Crippen LogP contribution in [0.4, 0.5) is 19.0 Å².